The first kappa shape index (κ1) is 23.8. The summed E-state index contributed by atoms with van der Waals surface area (Å²) in [7, 11) is 1.97. The van der Waals surface area contributed by atoms with Crippen molar-refractivity contribution in [2.45, 2.75) is 26.4 Å². The van der Waals surface area contributed by atoms with Crippen molar-refractivity contribution in [3.05, 3.63) is 112 Å². The number of hydrogen-bond acceptors (Lipinski definition) is 5. The van der Waals surface area contributed by atoms with Crippen LogP contribution in [0.3, 0.4) is 0 Å². The lowest BCUT2D eigenvalue weighted by atomic mass is 10.0. The zero-order chi connectivity index (χ0) is 25.1. The Kier molecular flexibility index (Phi) is 6.87. The second kappa shape index (κ2) is 10.4. The van der Waals surface area contributed by atoms with Gasteiger partial charge in [-0.15, -0.1) is 0 Å². The number of halogens is 1. The van der Waals surface area contributed by atoms with Gasteiger partial charge in [0, 0.05) is 26.6 Å². The van der Waals surface area contributed by atoms with Crippen LogP contribution in [0.15, 0.2) is 78.9 Å². The van der Waals surface area contributed by atoms with Crippen LogP contribution in [0.2, 0.25) is 5.02 Å². The Hall–Kier alpha value is -3.90. The molecule has 6 nitrogen and oxygen atoms in total. The van der Waals surface area contributed by atoms with E-state index in [1.807, 2.05) is 73.5 Å². The Balaban J connectivity index is 1.48. The van der Waals surface area contributed by atoms with Gasteiger partial charge in [0.1, 0.15) is 5.75 Å². The summed E-state index contributed by atoms with van der Waals surface area (Å²) in [5, 5.41) is 0.443. The van der Waals surface area contributed by atoms with Crippen LogP contribution < -0.4 is 9.64 Å². The maximum atomic E-state index is 13.3. The SMILES string of the molecule is Cc1ccc(Oc2nc(N(C)Cc3ccccc3)nc3c2CN(C(=O)c2ccccc2Cl)CC3)cc1. The van der Waals surface area contributed by atoms with Crippen molar-refractivity contribution in [1.82, 2.24) is 14.9 Å². The fourth-order valence-electron chi connectivity index (χ4n) is 4.25. The molecule has 0 atom stereocenters. The summed E-state index contributed by atoms with van der Waals surface area (Å²) in [5.41, 5.74) is 4.51. The number of rotatable bonds is 6. The van der Waals surface area contributed by atoms with Crippen LogP contribution in [0.5, 0.6) is 11.6 Å². The van der Waals surface area contributed by atoms with Crippen LogP contribution in [0.4, 0.5) is 5.95 Å². The van der Waals surface area contributed by atoms with Gasteiger partial charge >= 0.3 is 0 Å². The minimum Gasteiger partial charge on any atom is -0.438 e. The van der Waals surface area contributed by atoms with E-state index in [1.54, 1.807) is 17.0 Å². The lowest BCUT2D eigenvalue weighted by Crippen LogP contribution is -2.37. The number of carbonyl (C=O) groups is 1. The topological polar surface area (TPSA) is 58.6 Å². The Morgan fingerprint density at radius 2 is 1.72 bits per heavy atom. The number of ether oxygens (including phenoxy) is 1. The number of carbonyl (C=O) groups excluding carboxylic acids is 1. The third-order valence-corrected chi connectivity index (χ3v) is 6.57. The van der Waals surface area contributed by atoms with Crippen molar-refractivity contribution in [3.63, 3.8) is 0 Å². The highest BCUT2D eigenvalue weighted by atomic mass is 35.5. The molecular weight excluding hydrogens is 472 g/mol. The molecule has 1 aliphatic heterocycles. The van der Waals surface area contributed by atoms with Crippen LogP contribution in [0, 0.1) is 6.92 Å². The monoisotopic (exact) mass is 498 g/mol. The predicted octanol–water partition coefficient (Wildman–Crippen LogP) is 6.07. The third kappa shape index (κ3) is 5.19. The van der Waals surface area contributed by atoms with Gasteiger partial charge in [0.25, 0.3) is 5.91 Å². The van der Waals surface area contributed by atoms with Gasteiger partial charge in [-0.25, -0.2) is 4.98 Å². The first-order valence-electron chi connectivity index (χ1n) is 11.9. The molecule has 2 heterocycles. The molecule has 4 aromatic rings. The predicted molar refractivity (Wildman–Crippen MR) is 142 cm³/mol. The van der Waals surface area contributed by atoms with Crippen molar-refractivity contribution in [1.29, 1.82) is 0 Å². The largest absolute Gasteiger partial charge is 0.438 e. The van der Waals surface area contributed by atoms with Crippen molar-refractivity contribution in [3.8, 4) is 11.6 Å². The lowest BCUT2D eigenvalue weighted by Gasteiger charge is -2.30. The number of amides is 1. The normalized spacial score (nSPS) is 12.7. The first-order valence-corrected chi connectivity index (χ1v) is 12.3. The van der Waals surface area contributed by atoms with E-state index >= 15 is 0 Å². The van der Waals surface area contributed by atoms with Crippen molar-refractivity contribution >= 4 is 23.5 Å². The third-order valence-electron chi connectivity index (χ3n) is 6.24. The molecular formula is C29H27ClN4O2. The zero-order valence-electron chi connectivity index (χ0n) is 20.3. The smallest absolute Gasteiger partial charge is 0.255 e. The highest BCUT2D eigenvalue weighted by Gasteiger charge is 2.28. The molecule has 1 amide bonds. The minimum atomic E-state index is -0.113. The molecule has 0 radical (unpaired) electrons. The number of aryl methyl sites for hydroxylation is 1. The number of fused-ring (bicyclic) bond motifs is 1. The van der Waals surface area contributed by atoms with Crippen molar-refractivity contribution in [2.75, 3.05) is 18.5 Å². The first-order chi connectivity index (χ1) is 17.5. The van der Waals surface area contributed by atoms with E-state index in [4.69, 9.17) is 26.3 Å². The van der Waals surface area contributed by atoms with Gasteiger partial charge in [0.15, 0.2) is 0 Å². The highest BCUT2D eigenvalue weighted by Crippen LogP contribution is 2.32. The number of anilines is 1. The molecule has 36 heavy (non-hydrogen) atoms. The minimum absolute atomic E-state index is 0.113. The summed E-state index contributed by atoms with van der Waals surface area (Å²) >= 11 is 6.31. The van der Waals surface area contributed by atoms with E-state index in [1.165, 1.54) is 5.56 Å². The quantitative estimate of drug-likeness (QED) is 0.323. The summed E-state index contributed by atoms with van der Waals surface area (Å²) in [6.45, 7) is 3.59. The van der Waals surface area contributed by atoms with Gasteiger partial charge < -0.3 is 14.5 Å². The van der Waals surface area contributed by atoms with Gasteiger partial charge in [0.05, 0.1) is 28.4 Å². The van der Waals surface area contributed by atoms with Crippen LogP contribution >= 0.6 is 11.6 Å². The number of benzene rings is 3. The van der Waals surface area contributed by atoms with E-state index in [0.717, 1.165) is 16.8 Å². The van der Waals surface area contributed by atoms with Crippen molar-refractivity contribution in [2.24, 2.45) is 0 Å². The average Bonchev–Trinajstić information content (AvgIpc) is 2.90. The summed E-state index contributed by atoms with van der Waals surface area (Å²) in [6.07, 6.45) is 0.602. The Morgan fingerprint density at radius 3 is 2.47 bits per heavy atom. The van der Waals surface area contributed by atoms with E-state index < -0.39 is 0 Å². The maximum absolute atomic E-state index is 13.3. The van der Waals surface area contributed by atoms with Gasteiger partial charge in [-0.1, -0.05) is 71.8 Å². The average molecular weight is 499 g/mol. The molecule has 0 saturated carbocycles. The molecule has 0 aliphatic carbocycles. The van der Waals surface area contributed by atoms with E-state index in [9.17, 15) is 4.79 Å². The molecule has 3 aromatic carbocycles. The molecule has 0 bridgehead atoms. The van der Waals surface area contributed by atoms with Gasteiger partial charge in [-0.05, 0) is 36.8 Å². The Bertz CT molecular complexity index is 1380. The van der Waals surface area contributed by atoms with Crippen LogP contribution in [-0.4, -0.2) is 34.4 Å². The molecule has 7 heteroatoms. The fraction of sp³-hybridized carbons (Fsp3) is 0.207. The van der Waals surface area contributed by atoms with Crippen LogP contribution in [0.1, 0.15) is 32.7 Å². The molecule has 0 saturated heterocycles. The molecule has 1 aromatic heterocycles. The fourth-order valence-corrected chi connectivity index (χ4v) is 4.47. The number of nitrogens with zero attached hydrogens (tertiary/aromatic N) is 4. The summed E-state index contributed by atoms with van der Waals surface area (Å²) < 4.78 is 6.29. The molecule has 1 aliphatic rings. The second-order valence-corrected chi connectivity index (χ2v) is 9.37. The molecule has 0 N–H and O–H groups in total. The molecule has 0 unspecified atom stereocenters. The zero-order valence-corrected chi connectivity index (χ0v) is 21.1. The maximum Gasteiger partial charge on any atom is 0.255 e. The standard InChI is InChI=1S/C29H27ClN4O2/c1-20-12-14-22(15-13-20)36-27-24-19-34(28(35)23-10-6-7-11-25(23)30)17-16-26(24)31-29(32-27)33(2)18-21-8-4-3-5-9-21/h3-15H,16-19H2,1-2H3. The Morgan fingerprint density at radius 1 is 1.00 bits per heavy atom. The van der Waals surface area contributed by atoms with Crippen molar-refractivity contribution < 1.29 is 9.53 Å². The number of aromatic nitrogens is 2. The lowest BCUT2D eigenvalue weighted by molar-refractivity contribution is 0.0732. The van der Waals surface area contributed by atoms with E-state index in [2.05, 4.69) is 12.1 Å². The van der Waals surface area contributed by atoms with E-state index in [0.29, 0.717) is 54.2 Å². The molecule has 5 rings (SSSR count). The van der Waals surface area contributed by atoms with Crippen LogP contribution in [-0.2, 0) is 19.5 Å². The summed E-state index contributed by atoms with van der Waals surface area (Å²) in [5.74, 6) is 1.63. The summed E-state index contributed by atoms with van der Waals surface area (Å²) in [6, 6.07) is 25.2. The van der Waals surface area contributed by atoms with Crippen LogP contribution in [0.25, 0.3) is 0 Å². The Labute approximate surface area is 216 Å². The van der Waals surface area contributed by atoms with Gasteiger partial charge in [0.2, 0.25) is 11.8 Å². The molecule has 0 fully saturated rings. The highest BCUT2D eigenvalue weighted by molar-refractivity contribution is 6.33. The number of hydrogen-bond donors (Lipinski definition) is 0. The van der Waals surface area contributed by atoms with Gasteiger partial charge in [-0.2, -0.15) is 4.98 Å². The van der Waals surface area contributed by atoms with Gasteiger partial charge in [-0.3, -0.25) is 4.79 Å². The van der Waals surface area contributed by atoms with E-state index in [-0.39, 0.29) is 5.91 Å². The summed E-state index contributed by atoms with van der Waals surface area (Å²) in [4.78, 5) is 26.8. The second-order valence-electron chi connectivity index (χ2n) is 8.97. The molecule has 0 spiro atoms. The molecule has 182 valence electrons.